The van der Waals surface area contributed by atoms with Gasteiger partial charge in [0.1, 0.15) is 17.2 Å². The van der Waals surface area contributed by atoms with Crippen LogP contribution in [-0.4, -0.2) is 32.3 Å². The number of ether oxygens (including phenoxy) is 1. The molecule has 0 bridgehead atoms. The van der Waals surface area contributed by atoms with Crippen LogP contribution in [0.1, 0.15) is 53.8 Å². The first-order valence-electron chi connectivity index (χ1n) is 9.90. The monoisotopic (exact) mass is 379 g/mol. The molecule has 1 aromatic carbocycles. The molecule has 0 radical (unpaired) electrons. The molecule has 7 heteroatoms. The summed E-state index contributed by atoms with van der Waals surface area (Å²) in [6.07, 6.45) is 4.48. The molecule has 0 amide bonds. The van der Waals surface area contributed by atoms with Crippen molar-refractivity contribution in [1.82, 2.24) is 19.7 Å². The number of hydrogen-bond acceptors (Lipinski definition) is 6. The molecule has 7 nitrogen and oxygen atoms in total. The number of rotatable bonds is 5. The molecule has 4 rings (SSSR count). The Kier molecular flexibility index (Phi) is 5.23. The Labute approximate surface area is 164 Å². The highest BCUT2D eigenvalue weighted by Crippen LogP contribution is 2.27. The quantitative estimate of drug-likeness (QED) is 0.682. The summed E-state index contributed by atoms with van der Waals surface area (Å²) in [5.74, 6) is 2.09. The zero-order chi connectivity index (χ0) is 19.5. The zero-order valence-corrected chi connectivity index (χ0v) is 16.4. The van der Waals surface area contributed by atoms with Crippen molar-refractivity contribution in [2.75, 3.05) is 11.9 Å². The second-order valence-corrected chi connectivity index (χ2v) is 7.05. The third-order valence-electron chi connectivity index (χ3n) is 5.23. The molecular formula is C21H25N5O2. The van der Waals surface area contributed by atoms with Crippen molar-refractivity contribution in [2.45, 2.75) is 52.6 Å². The molecule has 0 aliphatic carbocycles. The van der Waals surface area contributed by atoms with Gasteiger partial charge in [0.15, 0.2) is 5.82 Å². The van der Waals surface area contributed by atoms with Crippen LogP contribution >= 0.6 is 0 Å². The molecule has 3 aromatic rings. The number of aryl methyl sites for hydroxylation is 2. The molecule has 0 atom stereocenters. The van der Waals surface area contributed by atoms with Gasteiger partial charge in [-0.05, 0) is 38.3 Å². The van der Waals surface area contributed by atoms with Gasteiger partial charge < -0.3 is 14.6 Å². The van der Waals surface area contributed by atoms with Gasteiger partial charge in [0.25, 0.3) is 0 Å². The highest BCUT2D eigenvalue weighted by molar-refractivity contribution is 6.02. The maximum absolute atomic E-state index is 12.6. The first-order chi connectivity index (χ1) is 13.7. The minimum absolute atomic E-state index is 0.322. The SMILES string of the molecule is CCOC(=O)c1c(NCc2nnc3n2CCCCC3)nc2ccccc2c1C. The maximum Gasteiger partial charge on any atom is 0.342 e. The van der Waals surface area contributed by atoms with Crippen LogP contribution in [0.4, 0.5) is 5.82 Å². The fourth-order valence-corrected chi connectivity index (χ4v) is 3.80. The van der Waals surface area contributed by atoms with E-state index in [1.807, 2.05) is 31.2 Å². The lowest BCUT2D eigenvalue weighted by Gasteiger charge is -2.15. The normalized spacial score (nSPS) is 13.8. The van der Waals surface area contributed by atoms with Crippen LogP contribution in [0.5, 0.6) is 0 Å². The molecule has 1 aliphatic heterocycles. The number of aromatic nitrogens is 4. The summed E-state index contributed by atoms with van der Waals surface area (Å²) in [6.45, 7) is 5.46. The topological polar surface area (TPSA) is 81.9 Å². The van der Waals surface area contributed by atoms with Gasteiger partial charge in [-0.15, -0.1) is 10.2 Å². The summed E-state index contributed by atoms with van der Waals surface area (Å²) >= 11 is 0. The Hall–Kier alpha value is -2.96. The van der Waals surface area contributed by atoms with Gasteiger partial charge in [0.05, 0.1) is 18.7 Å². The standard InChI is InChI=1S/C21H25N5O2/c1-3-28-21(27)19-14(2)15-9-6-7-10-16(15)23-20(19)22-13-18-25-24-17-11-5-4-8-12-26(17)18/h6-7,9-10H,3-5,8,11-13H2,1-2H3,(H,22,23). The fourth-order valence-electron chi connectivity index (χ4n) is 3.80. The Morgan fingerprint density at radius 3 is 2.93 bits per heavy atom. The van der Waals surface area contributed by atoms with Crippen molar-refractivity contribution in [3.63, 3.8) is 0 Å². The maximum atomic E-state index is 12.6. The number of anilines is 1. The molecule has 146 valence electrons. The lowest BCUT2D eigenvalue weighted by atomic mass is 10.0. The third-order valence-corrected chi connectivity index (χ3v) is 5.23. The predicted octanol–water partition coefficient (Wildman–Crippen LogP) is 3.65. The molecule has 0 saturated carbocycles. The van der Waals surface area contributed by atoms with E-state index in [0.29, 0.717) is 24.5 Å². The van der Waals surface area contributed by atoms with E-state index in [0.717, 1.165) is 53.9 Å². The van der Waals surface area contributed by atoms with Gasteiger partial charge >= 0.3 is 5.97 Å². The molecule has 0 spiro atoms. The number of para-hydroxylation sites is 1. The minimum atomic E-state index is -0.360. The van der Waals surface area contributed by atoms with Crippen LogP contribution in [0, 0.1) is 6.92 Å². The lowest BCUT2D eigenvalue weighted by molar-refractivity contribution is 0.0526. The Bertz CT molecular complexity index is 1010. The predicted molar refractivity (Wildman–Crippen MR) is 107 cm³/mol. The summed E-state index contributed by atoms with van der Waals surface area (Å²) in [5.41, 5.74) is 2.19. The Morgan fingerprint density at radius 1 is 1.21 bits per heavy atom. The van der Waals surface area contributed by atoms with E-state index in [-0.39, 0.29) is 5.97 Å². The number of fused-ring (bicyclic) bond motifs is 2. The number of benzene rings is 1. The number of nitrogens with zero attached hydrogens (tertiary/aromatic N) is 4. The van der Waals surface area contributed by atoms with E-state index in [4.69, 9.17) is 9.72 Å². The van der Waals surface area contributed by atoms with Gasteiger partial charge in [-0.3, -0.25) is 0 Å². The molecule has 2 aromatic heterocycles. The van der Waals surface area contributed by atoms with Crippen LogP contribution in [0.15, 0.2) is 24.3 Å². The number of esters is 1. The van der Waals surface area contributed by atoms with Crippen LogP contribution in [0.3, 0.4) is 0 Å². The highest BCUT2D eigenvalue weighted by Gasteiger charge is 2.21. The molecule has 28 heavy (non-hydrogen) atoms. The average Bonchev–Trinajstić information content (AvgIpc) is 2.92. The number of nitrogens with one attached hydrogen (secondary N) is 1. The van der Waals surface area contributed by atoms with E-state index in [2.05, 4.69) is 20.1 Å². The highest BCUT2D eigenvalue weighted by atomic mass is 16.5. The van der Waals surface area contributed by atoms with Crippen LogP contribution in [0.2, 0.25) is 0 Å². The number of pyridine rings is 1. The van der Waals surface area contributed by atoms with Crippen molar-refractivity contribution in [2.24, 2.45) is 0 Å². The van der Waals surface area contributed by atoms with E-state index < -0.39 is 0 Å². The molecular weight excluding hydrogens is 354 g/mol. The Balaban J connectivity index is 1.69. The molecule has 0 unspecified atom stereocenters. The first-order valence-corrected chi connectivity index (χ1v) is 9.90. The number of carbonyl (C=O) groups is 1. The van der Waals surface area contributed by atoms with E-state index >= 15 is 0 Å². The smallest absolute Gasteiger partial charge is 0.342 e. The van der Waals surface area contributed by atoms with Crippen LogP contribution in [0.25, 0.3) is 10.9 Å². The molecule has 0 fully saturated rings. The van der Waals surface area contributed by atoms with Gasteiger partial charge in [0.2, 0.25) is 0 Å². The first kappa shape index (κ1) is 18.4. The van der Waals surface area contributed by atoms with Crippen LogP contribution < -0.4 is 5.32 Å². The van der Waals surface area contributed by atoms with E-state index in [1.54, 1.807) is 6.92 Å². The van der Waals surface area contributed by atoms with Gasteiger partial charge in [-0.1, -0.05) is 24.6 Å². The van der Waals surface area contributed by atoms with Gasteiger partial charge in [0, 0.05) is 18.4 Å². The Morgan fingerprint density at radius 2 is 2.07 bits per heavy atom. The van der Waals surface area contributed by atoms with Gasteiger partial charge in [-0.25, -0.2) is 9.78 Å². The largest absolute Gasteiger partial charge is 0.462 e. The molecule has 1 N–H and O–H groups in total. The second-order valence-electron chi connectivity index (χ2n) is 7.05. The van der Waals surface area contributed by atoms with Crippen molar-refractivity contribution >= 4 is 22.7 Å². The number of carbonyl (C=O) groups excluding carboxylic acids is 1. The van der Waals surface area contributed by atoms with Gasteiger partial charge in [-0.2, -0.15) is 0 Å². The van der Waals surface area contributed by atoms with Crippen molar-refractivity contribution < 1.29 is 9.53 Å². The summed E-state index contributed by atoms with van der Waals surface area (Å²) in [4.78, 5) is 17.3. The third kappa shape index (κ3) is 3.44. The number of hydrogen-bond donors (Lipinski definition) is 1. The average molecular weight is 379 g/mol. The van der Waals surface area contributed by atoms with E-state index in [1.165, 1.54) is 6.42 Å². The molecule has 1 aliphatic rings. The van der Waals surface area contributed by atoms with Crippen LogP contribution in [-0.2, 0) is 24.2 Å². The lowest BCUT2D eigenvalue weighted by Crippen LogP contribution is -2.16. The summed E-state index contributed by atoms with van der Waals surface area (Å²) in [6, 6.07) is 7.82. The summed E-state index contributed by atoms with van der Waals surface area (Å²) in [7, 11) is 0. The molecule has 0 saturated heterocycles. The van der Waals surface area contributed by atoms with Crippen molar-refractivity contribution in [3.8, 4) is 0 Å². The summed E-state index contributed by atoms with van der Waals surface area (Å²) in [5, 5.41) is 13.0. The fraction of sp³-hybridized carbons (Fsp3) is 0.429. The second kappa shape index (κ2) is 7.96. The van der Waals surface area contributed by atoms with Crippen molar-refractivity contribution in [1.29, 1.82) is 0 Å². The minimum Gasteiger partial charge on any atom is -0.462 e. The van der Waals surface area contributed by atoms with Crippen molar-refractivity contribution in [3.05, 3.63) is 47.0 Å². The molecule has 3 heterocycles. The summed E-state index contributed by atoms with van der Waals surface area (Å²) < 4.78 is 7.48. The van der Waals surface area contributed by atoms with E-state index in [9.17, 15) is 4.79 Å². The zero-order valence-electron chi connectivity index (χ0n) is 16.4.